The molecule has 0 aliphatic heterocycles. The number of halogens is 1. The van der Waals surface area contributed by atoms with Crippen LogP contribution in [0.4, 0.5) is 0 Å². The van der Waals surface area contributed by atoms with E-state index in [0.717, 1.165) is 38.3 Å². The van der Waals surface area contributed by atoms with Crippen molar-refractivity contribution in [2.45, 2.75) is 46.1 Å². The van der Waals surface area contributed by atoms with Crippen molar-refractivity contribution < 1.29 is 9.53 Å². The first kappa shape index (κ1) is 22.7. The van der Waals surface area contributed by atoms with E-state index in [2.05, 4.69) is 52.4 Å². The molecule has 24 heavy (non-hydrogen) atoms. The van der Waals surface area contributed by atoms with E-state index in [4.69, 9.17) is 0 Å². The maximum absolute atomic E-state index is 11.0. The number of nitrogens with zero attached hydrogens (tertiary/aromatic N) is 1. The summed E-state index contributed by atoms with van der Waals surface area (Å²) in [5.74, 6) is 0.668. The number of methoxy groups -OCH3 is 1. The van der Waals surface area contributed by atoms with Crippen molar-refractivity contribution >= 4 is 35.9 Å². The number of aryl methyl sites for hydroxylation is 2. The Morgan fingerprint density at radius 2 is 1.92 bits per heavy atom. The van der Waals surface area contributed by atoms with Crippen LogP contribution in [0.15, 0.2) is 23.2 Å². The highest BCUT2D eigenvalue weighted by Gasteiger charge is 2.02. The van der Waals surface area contributed by atoms with Crippen LogP contribution in [0.1, 0.15) is 42.4 Å². The molecule has 1 aromatic rings. The van der Waals surface area contributed by atoms with E-state index < -0.39 is 0 Å². The number of ether oxygens (including phenoxy) is 1. The molecule has 0 fully saturated rings. The van der Waals surface area contributed by atoms with Gasteiger partial charge in [0.25, 0.3) is 0 Å². The molecule has 1 rings (SSSR count). The Hall–Kier alpha value is -1.31. The molecule has 6 heteroatoms. The van der Waals surface area contributed by atoms with Gasteiger partial charge in [-0.05, 0) is 37.8 Å². The van der Waals surface area contributed by atoms with E-state index in [1.165, 1.54) is 23.8 Å². The second kappa shape index (κ2) is 13.0. The van der Waals surface area contributed by atoms with E-state index in [-0.39, 0.29) is 29.9 Å². The van der Waals surface area contributed by atoms with Crippen LogP contribution in [0.3, 0.4) is 0 Å². The van der Waals surface area contributed by atoms with Crippen molar-refractivity contribution in [3.8, 4) is 0 Å². The summed E-state index contributed by atoms with van der Waals surface area (Å²) in [5, 5.41) is 6.62. The van der Waals surface area contributed by atoms with Gasteiger partial charge in [0.05, 0.1) is 7.11 Å². The van der Waals surface area contributed by atoms with Gasteiger partial charge in [-0.15, -0.1) is 24.0 Å². The third kappa shape index (κ3) is 9.10. The van der Waals surface area contributed by atoms with Crippen molar-refractivity contribution in [3.63, 3.8) is 0 Å². The van der Waals surface area contributed by atoms with Gasteiger partial charge in [0, 0.05) is 26.6 Å². The van der Waals surface area contributed by atoms with Crippen LogP contribution in [-0.2, 0) is 16.1 Å². The van der Waals surface area contributed by atoms with E-state index >= 15 is 0 Å². The number of aliphatic imine (C=N–C) groups is 1. The van der Waals surface area contributed by atoms with Crippen LogP contribution in [0.5, 0.6) is 0 Å². The lowest BCUT2D eigenvalue weighted by Gasteiger charge is -2.13. The second-order valence-corrected chi connectivity index (χ2v) is 5.67. The van der Waals surface area contributed by atoms with Crippen LogP contribution in [0.25, 0.3) is 0 Å². The summed E-state index contributed by atoms with van der Waals surface area (Å²) in [7, 11) is 3.20. The van der Waals surface area contributed by atoms with Gasteiger partial charge in [-0.3, -0.25) is 9.79 Å². The highest BCUT2D eigenvalue weighted by Crippen LogP contribution is 2.09. The largest absolute Gasteiger partial charge is 0.469 e. The third-order valence-corrected chi connectivity index (χ3v) is 3.75. The Balaban J connectivity index is 0.00000529. The number of nitrogens with one attached hydrogen (secondary N) is 2. The lowest BCUT2D eigenvalue weighted by atomic mass is 10.1. The van der Waals surface area contributed by atoms with Crippen molar-refractivity contribution in [3.05, 3.63) is 34.9 Å². The SMILES string of the molecule is CN=C(NCCCCCC(=O)OC)NCc1ccc(C)cc1C.I. The highest BCUT2D eigenvalue weighted by molar-refractivity contribution is 14.0. The number of esters is 1. The van der Waals surface area contributed by atoms with Gasteiger partial charge in [0.15, 0.2) is 5.96 Å². The quantitative estimate of drug-likeness (QED) is 0.211. The van der Waals surface area contributed by atoms with Gasteiger partial charge in [0.1, 0.15) is 0 Å². The molecule has 0 amide bonds. The molecule has 2 N–H and O–H groups in total. The van der Waals surface area contributed by atoms with Crippen molar-refractivity contribution in [1.82, 2.24) is 10.6 Å². The van der Waals surface area contributed by atoms with E-state index in [1.807, 2.05) is 0 Å². The van der Waals surface area contributed by atoms with E-state index in [0.29, 0.717) is 6.42 Å². The van der Waals surface area contributed by atoms with Crippen molar-refractivity contribution in [2.24, 2.45) is 4.99 Å². The number of hydrogen-bond acceptors (Lipinski definition) is 3. The standard InChI is InChI=1S/C18H29N3O2.HI/c1-14-9-10-16(15(2)12-14)13-21-18(19-3)20-11-7-5-6-8-17(22)23-4;/h9-10,12H,5-8,11,13H2,1-4H3,(H2,19,20,21);1H. The lowest BCUT2D eigenvalue weighted by molar-refractivity contribution is -0.140. The average molecular weight is 447 g/mol. The zero-order valence-electron chi connectivity index (χ0n) is 15.1. The first-order chi connectivity index (χ1) is 11.1. The number of benzene rings is 1. The Morgan fingerprint density at radius 1 is 1.17 bits per heavy atom. The molecule has 0 radical (unpaired) electrons. The van der Waals surface area contributed by atoms with Crippen LogP contribution >= 0.6 is 24.0 Å². The van der Waals surface area contributed by atoms with Gasteiger partial charge in [-0.25, -0.2) is 0 Å². The van der Waals surface area contributed by atoms with Crippen LogP contribution < -0.4 is 10.6 Å². The predicted molar refractivity (Wildman–Crippen MR) is 110 cm³/mol. The molecule has 136 valence electrons. The molecule has 0 saturated heterocycles. The summed E-state index contributed by atoms with van der Waals surface area (Å²) >= 11 is 0. The lowest BCUT2D eigenvalue weighted by Crippen LogP contribution is -2.37. The van der Waals surface area contributed by atoms with Crippen molar-refractivity contribution in [1.29, 1.82) is 0 Å². The Labute approximate surface area is 162 Å². The molecule has 0 bridgehead atoms. The second-order valence-electron chi connectivity index (χ2n) is 5.67. The van der Waals surface area contributed by atoms with E-state index in [1.54, 1.807) is 7.05 Å². The Kier molecular flexibility index (Phi) is 12.3. The fourth-order valence-corrected chi connectivity index (χ4v) is 2.32. The first-order valence-corrected chi connectivity index (χ1v) is 8.14. The van der Waals surface area contributed by atoms with Crippen LogP contribution in [0, 0.1) is 13.8 Å². The molecular weight excluding hydrogens is 417 g/mol. The number of hydrogen-bond donors (Lipinski definition) is 2. The monoisotopic (exact) mass is 447 g/mol. The number of unbranched alkanes of at least 4 members (excludes halogenated alkanes) is 2. The molecule has 5 nitrogen and oxygen atoms in total. The zero-order valence-corrected chi connectivity index (χ0v) is 17.5. The van der Waals surface area contributed by atoms with E-state index in [9.17, 15) is 4.79 Å². The number of carbonyl (C=O) groups excluding carboxylic acids is 1. The highest BCUT2D eigenvalue weighted by atomic mass is 127. The van der Waals surface area contributed by atoms with Gasteiger partial charge >= 0.3 is 5.97 Å². The summed E-state index contributed by atoms with van der Waals surface area (Å²) in [4.78, 5) is 15.2. The molecule has 0 atom stereocenters. The predicted octanol–water partition coefficient (Wildman–Crippen LogP) is 3.32. The Bertz CT molecular complexity index is 533. The molecule has 0 saturated carbocycles. The summed E-state index contributed by atoms with van der Waals surface area (Å²) < 4.78 is 4.62. The molecule has 0 aliphatic rings. The minimum Gasteiger partial charge on any atom is -0.469 e. The first-order valence-electron chi connectivity index (χ1n) is 8.14. The summed E-state index contributed by atoms with van der Waals surface area (Å²) in [5.41, 5.74) is 3.84. The van der Waals surface area contributed by atoms with Crippen molar-refractivity contribution in [2.75, 3.05) is 20.7 Å². The van der Waals surface area contributed by atoms with Gasteiger partial charge in [-0.2, -0.15) is 0 Å². The molecule has 0 spiro atoms. The molecule has 0 aliphatic carbocycles. The molecule has 1 aromatic carbocycles. The van der Waals surface area contributed by atoms with Crippen LogP contribution in [-0.4, -0.2) is 32.6 Å². The summed E-state index contributed by atoms with van der Waals surface area (Å²) in [6.45, 7) is 5.83. The topological polar surface area (TPSA) is 62.7 Å². The molecule has 0 heterocycles. The summed E-state index contributed by atoms with van der Waals surface area (Å²) in [6.07, 6.45) is 3.36. The zero-order chi connectivity index (χ0) is 17.1. The third-order valence-electron chi connectivity index (χ3n) is 3.75. The van der Waals surface area contributed by atoms with Gasteiger partial charge < -0.3 is 15.4 Å². The Morgan fingerprint density at radius 3 is 2.54 bits per heavy atom. The maximum Gasteiger partial charge on any atom is 0.305 e. The number of rotatable bonds is 8. The fraction of sp³-hybridized carbons (Fsp3) is 0.556. The summed E-state index contributed by atoms with van der Waals surface area (Å²) in [6, 6.07) is 6.47. The molecule has 0 unspecified atom stereocenters. The van der Waals surface area contributed by atoms with Gasteiger partial charge in [0.2, 0.25) is 0 Å². The maximum atomic E-state index is 11.0. The average Bonchev–Trinajstić information content (AvgIpc) is 2.54. The number of guanidine groups is 1. The minimum atomic E-state index is -0.135. The smallest absolute Gasteiger partial charge is 0.305 e. The molecule has 0 aromatic heterocycles. The number of carbonyl (C=O) groups is 1. The van der Waals surface area contributed by atoms with Crippen LogP contribution in [0.2, 0.25) is 0 Å². The fourth-order valence-electron chi connectivity index (χ4n) is 2.32. The van der Waals surface area contributed by atoms with Gasteiger partial charge in [-0.1, -0.05) is 30.2 Å². The minimum absolute atomic E-state index is 0. The molecular formula is C18H30IN3O2. The normalized spacial score (nSPS) is 10.8.